The van der Waals surface area contributed by atoms with Crippen LogP contribution >= 0.6 is 0 Å². The average molecular weight is 200 g/mol. The van der Waals surface area contributed by atoms with E-state index in [1.54, 1.807) is 0 Å². The highest BCUT2D eigenvalue weighted by atomic mass is 19.4. The van der Waals surface area contributed by atoms with Gasteiger partial charge in [0.2, 0.25) is 5.91 Å². The molecule has 0 aromatic carbocycles. The van der Waals surface area contributed by atoms with Crippen LogP contribution in [0.2, 0.25) is 0 Å². The summed E-state index contributed by atoms with van der Waals surface area (Å²) >= 11 is 0. The molecule has 0 fully saturated rings. The summed E-state index contributed by atoms with van der Waals surface area (Å²) < 4.78 is 34.6. The molecule has 0 atom stereocenters. The molecular weight excluding hydrogens is 189 g/mol. The summed E-state index contributed by atoms with van der Waals surface area (Å²) in [6.45, 7) is -1.78. The van der Waals surface area contributed by atoms with Crippen LogP contribution < -0.4 is 10.6 Å². The Hall–Kier alpha value is -0.820. The molecule has 0 saturated heterocycles. The van der Waals surface area contributed by atoms with Gasteiger partial charge in [-0.2, -0.15) is 13.2 Å². The standard InChI is InChI=1S/C6H11F3N2O2/c7-6(8,9)4-10-3-5(13)11-1-2-12/h10,12H,1-4H2,(H,11,13). The molecule has 0 aromatic heterocycles. The van der Waals surface area contributed by atoms with Gasteiger partial charge in [0.05, 0.1) is 19.7 Å². The van der Waals surface area contributed by atoms with E-state index in [0.717, 1.165) is 0 Å². The first-order valence-electron chi connectivity index (χ1n) is 3.61. The average Bonchev–Trinajstić information content (AvgIpc) is 1.98. The third-order valence-electron chi connectivity index (χ3n) is 1.04. The van der Waals surface area contributed by atoms with Gasteiger partial charge in [-0.3, -0.25) is 4.79 Å². The van der Waals surface area contributed by atoms with Crippen molar-refractivity contribution < 1.29 is 23.1 Å². The number of aliphatic hydroxyl groups is 1. The van der Waals surface area contributed by atoms with Gasteiger partial charge in [0.1, 0.15) is 0 Å². The molecule has 0 aliphatic heterocycles. The third kappa shape index (κ3) is 9.09. The largest absolute Gasteiger partial charge is 0.401 e. The molecule has 3 N–H and O–H groups in total. The second-order valence-electron chi connectivity index (χ2n) is 2.29. The number of alkyl halides is 3. The van der Waals surface area contributed by atoms with E-state index in [4.69, 9.17) is 5.11 Å². The van der Waals surface area contributed by atoms with Crippen molar-refractivity contribution in [3.05, 3.63) is 0 Å². The first-order valence-corrected chi connectivity index (χ1v) is 3.61. The van der Waals surface area contributed by atoms with Crippen molar-refractivity contribution in [3.8, 4) is 0 Å². The van der Waals surface area contributed by atoms with Gasteiger partial charge < -0.3 is 15.7 Å². The monoisotopic (exact) mass is 200 g/mol. The molecule has 13 heavy (non-hydrogen) atoms. The molecule has 1 amide bonds. The zero-order valence-electron chi connectivity index (χ0n) is 6.82. The van der Waals surface area contributed by atoms with Crippen LogP contribution in [-0.4, -0.2) is 43.4 Å². The van der Waals surface area contributed by atoms with E-state index in [1.807, 2.05) is 5.32 Å². The Bertz CT molecular complexity index is 160. The Morgan fingerprint density at radius 2 is 2.00 bits per heavy atom. The van der Waals surface area contributed by atoms with Crippen molar-refractivity contribution in [1.29, 1.82) is 0 Å². The molecule has 4 nitrogen and oxygen atoms in total. The van der Waals surface area contributed by atoms with Crippen molar-refractivity contribution >= 4 is 5.91 Å². The lowest BCUT2D eigenvalue weighted by atomic mass is 10.5. The minimum Gasteiger partial charge on any atom is -0.395 e. The quantitative estimate of drug-likeness (QED) is 0.547. The van der Waals surface area contributed by atoms with Crippen molar-refractivity contribution in [3.63, 3.8) is 0 Å². The molecule has 0 bridgehead atoms. The zero-order valence-corrected chi connectivity index (χ0v) is 6.82. The molecule has 0 rings (SSSR count). The van der Waals surface area contributed by atoms with Gasteiger partial charge in [0, 0.05) is 6.54 Å². The molecule has 0 radical (unpaired) electrons. The summed E-state index contributed by atoms with van der Waals surface area (Å²) in [6.07, 6.45) is -4.31. The summed E-state index contributed by atoms with van der Waals surface area (Å²) in [6, 6.07) is 0. The number of carbonyl (C=O) groups is 1. The van der Waals surface area contributed by atoms with Gasteiger partial charge in [0.25, 0.3) is 0 Å². The van der Waals surface area contributed by atoms with Crippen LogP contribution in [0.5, 0.6) is 0 Å². The molecule has 0 heterocycles. The molecule has 0 unspecified atom stereocenters. The van der Waals surface area contributed by atoms with Crippen molar-refractivity contribution in [1.82, 2.24) is 10.6 Å². The smallest absolute Gasteiger partial charge is 0.395 e. The maximum Gasteiger partial charge on any atom is 0.401 e. The summed E-state index contributed by atoms with van der Waals surface area (Å²) in [4.78, 5) is 10.6. The first-order chi connectivity index (χ1) is 5.95. The Labute approximate surface area is 73.1 Å². The van der Waals surface area contributed by atoms with Gasteiger partial charge in [-0.15, -0.1) is 0 Å². The Morgan fingerprint density at radius 1 is 1.38 bits per heavy atom. The minimum absolute atomic E-state index is 0.0481. The van der Waals surface area contributed by atoms with E-state index in [-0.39, 0.29) is 13.2 Å². The van der Waals surface area contributed by atoms with E-state index in [0.29, 0.717) is 0 Å². The van der Waals surface area contributed by atoms with Crippen molar-refractivity contribution in [2.75, 3.05) is 26.2 Å². The fourth-order valence-electron chi connectivity index (χ4n) is 0.576. The van der Waals surface area contributed by atoms with Gasteiger partial charge >= 0.3 is 6.18 Å². The molecule has 0 spiro atoms. The Balaban J connectivity index is 3.37. The summed E-state index contributed by atoms with van der Waals surface area (Å²) in [7, 11) is 0. The van der Waals surface area contributed by atoms with E-state index in [9.17, 15) is 18.0 Å². The minimum atomic E-state index is -4.31. The maximum atomic E-state index is 11.5. The number of carbonyl (C=O) groups excluding carboxylic acids is 1. The normalized spacial score (nSPS) is 11.4. The van der Waals surface area contributed by atoms with Crippen LogP contribution in [-0.2, 0) is 4.79 Å². The highest BCUT2D eigenvalue weighted by molar-refractivity contribution is 5.77. The summed E-state index contributed by atoms with van der Waals surface area (Å²) in [5, 5.41) is 12.4. The number of halogens is 3. The second-order valence-corrected chi connectivity index (χ2v) is 2.29. The van der Waals surface area contributed by atoms with Crippen LogP contribution in [0.25, 0.3) is 0 Å². The molecule has 0 saturated carbocycles. The van der Waals surface area contributed by atoms with E-state index in [2.05, 4.69) is 5.32 Å². The molecular formula is C6H11F3N2O2. The van der Waals surface area contributed by atoms with Crippen LogP contribution in [0, 0.1) is 0 Å². The van der Waals surface area contributed by atoms with E-state index >= 15 is 0 Å². The first kappa shape index (κ1) is 12.2. The number of aliphatic hydroxyl groups excluding tert-OH is 1. The Kier molecular flexibility index (Phi) is 5.40. The lowest BCUT2D eigenvalue weighted by Crippen LogP contribution is -2.39. The topological polar surface area (TPSA) is 61.4 Å². The SMILES string of the molecule is O=C(CNCC(F)(F)F)NCCO. The summed E-state index contributed by atoms with van der Waals surface area (Å²) in [5.74, 6) is -0.571. The van der Waals surface area contributed by atoms with Gasteiger partial charge in [0.15, 0.2) is 0 Å². The van der Waals surface area contributed by atoms with Gasteiger partial charge in [-0.25, -0.2) is 0 Å². The predicted molar refractivity (Wildman–Crippen MR) is 39.0 cm³/mol. The highest BCUT2D eigenvalue weighted by Crippen LogP contribution is 2.11. The molecule has 0 aromatic rings. The number of amides is 1. The van der Waals surface area contributed by atoms with Crippen LogP contribution in [0.3, 0.4) is 0 Å². The van der Waals surface area contributed by atoms with E-state index < -0.39 is 25.2 Å². The molecule has 7 heteroatoms. The number of nitrogens with one attached hydrogen (secondary N) is 2. The zero-order chi connectivity index (χ0) is 10.3. The van der Waals surface area contributed by atoms with Crippen LogP contribution in [0.4, 0.5) is 13.2 Å². The van der Waals surface area contributed by atoms with E-state index in [1.165, 1.54) is 0 Å². The summed E-state index contributed by atoms with van der Waals surface area (Å²) in [5.41, 5.74) is 0. The van der Waals surface area contributed by atoms with Crippen LogP contribution in [0.15, 0.2) is 0 Å². The van der Waals surface area contributed by atoms with Crippen LogP contribution in [0.1, 0.15) is 0 Å². The number of hydrogen-bond acceptors (Lipinski definition) is 3. The molecule has 78 valence electrons. The number of rotatable bonds is 5. The van der Waals surface area contributed by atoms with Gasteiger partial charge in [-0.05, 0) is 0 Å². The second kappa shape index (κ2) is 5.76. The fourth-order valence-corrected chi connectivity index (χ4v) is 0.576. The lowest BCUT2D eigenvalue weighted by Gasteiger charge is -2.07. The highest BCUT2D eigenvalue weighted by Gasteiger charge is 2.26. The number of hydrogen-bond donors (Lipinski definition) is 3. The Morgan fingerprint density at radius 3 is 2.46 bits per heavy atom. The van der Waals surface area contributed by atoms with Gasteiger partial charge in [-0.1, -0.05) is 0 Å². The predicted octanol–water partition coefficient (Wildman–Crippen LogP) is -0.753. The lowest BCUT2D eigenvalue weighted by molar-refractivity contribution is -0.128. The third-order valence-corrected chi connectivity index (χ3v) is 1.04. The molecule has 0 aliphatic rings. The van der Waals surface area contributed by atoms with Crippen molar-refractivity contribution in [2.24, 2.45) is 0 Å². The molecule has 0 aliphatic carbocycles. The fraction of sp³-hybridized carbons (Fsp3) is 0.833. The maximum absolute atomic E-state index is 11.5. The van der Waals surface area contributed by atoms with Crippen molar-refractivity contribution in [2.45, 2.75) is 6.18 Å².